The summed E-state index contributed by atoms with van der Waals surface area (Å²) in [6.45, 7) is 4.51. The molecule has 3 atom stereocenters. The van der Waals surface area contributed by atoms with Crippen LogP contribution in [0.25, 0.3) is 0 Å². The number of esters is 3. The number of carbonyl (C=O) groups excluding carboxylic acids is 3. The van der Waals surface area contributed by atoms with E-state index in [2.05, 4.69) is 106 Å². The summed E-state index contributed by atoms with van der Waals surface area (Å²) in [6.07, 6.45) is 75.3. The smallest absolute Gasteiger partial charge is 0.462 e. The minimum absolute atomic E-state index is 0.127. The Kier molecular flexibility index (Phi) is 61.1. The molecule has 474 valence electrons. The minimum Gasteiger partial charge on any atom is -0.462 e. The number of hydrogen-bond acceptors (Lipinski definition) is 10. The molecule has 82 heavy (non-hydrogen) atoms. The van der Waals surface area contributed by atoms with Gasteiger partial charge in [0.1, 0.15) is 12.7 Å². The molecule has 12 heteroatoms. The maximum atomic E-state index is 13.0. The maximum absolute atomic E-state index is 13.0. The van der Waals surface area contributed by atoms with Gasteiger partial charge in [0.15, 0.2) is 6.10 Å². The Morgan fingerprint density at radius 1 is 0.354 bits per heavy atom. The molecule has 0 amide bonds. The average molecular weight is 1170 g/mol. The summed E-state index contributed by atoms with van der Waals surface area (Å²) < 4.78 is 39.7. The molecule has 2 N–H and O–H groups in total. The van der Waals surface area contributed by atoms with Crippen LogP contribution in [-0.4, -0.2) is 66.5 Å². The van der Waals surface area contributed by atoms with Crippen LogP contribution in [-0.2, 0) is 42.2 Å². The molecule has 0 fully saturated rings. The highest BCUT2D eigenvalue weighted by molar-refractivity contribution is 7.47. The first kappa shape index (κ1) is 78.7. The van der Waals surface area contributed by atoms with Crippen molar-refractivity contribution in [3.63, 3.8) is 0 Å². The summed E-state index contributed by atoms with van der Waals surface area (Å²) in [7, 11) is -4.77. The predicted octanol–water partition coefficient (Wildman–Crippen LogP) is 20.6. The molecule has 0 aliphatic heterocycles. The van der Waals surface area contributed by atoms with Crippen LogP contribution in [0.4, 0.5) is 0 Å². The third-order valence-electron chi connectivity index (χ3n) is 14.3. The second kappa shape index (κ2) is 63.7. The van der Waals surface area contributed by atoms with Crippen molar-refractivity contribution in [2.75, 3.05) is 26.4 Å². The van der Waals surface area contributed by atoms with Crippen molar-refractivity contribution in [1.82, 2.24) is 0 Å². The van der Waals surface area contributed by atoms with Gasteiger partial charge in [-0.3, -0.25) is 23.4 Å². The molecule has 0 heterocycles. The molecule has 0 saturated heterocycles. The monoisotopic (exact) mass is 1170 g/mol. The SMILES string of the molecule is CC/C=C\C/C=C\C/C=C\C/C=C\C/C=C\CCCCCC(=O)OC(COC(=O)CCCCCCCCCCCCCCCCCCCCC)COP(=O)(O)OCC(CO)OC(=O)CCCCCCCCC/C=C\C/C=C\CCCCC. The first-order chi connectivity index (χ1) is 40.2. The van der Waals surface area contributed by atoms with Crippen LogP contribution < -0.4 is 0 Å². The average Bonchev–Trinajstić information content (AvgIpc) is 3.50. The standard InChI is InChI=1S/C70H123O11P/c1-4-7-10-13-16-19-22-25-28-31-33-36-38-41-44-47-50-53-56-59-68(72)77-63-67(81-70(74)61-58-55-52-49-46-43-40-37-34-32-29-26-23-20-17-14-11-8-5-2)65-79-82(75,76)78-64-66(62-71)80-69(73)60-57-54-51-48-45-42-39-35-30-27-24-21-18-15-12-9-6-3/h8,11,17-18,20-21,26-27,29-30,34,37,43,46,66-67,71H,4-7,9-10,12-16,19,22-25,28,31-33,35-36,38-42,44-45,47-65H2,1-3H3,(H,75,76)/b11-8-,20-17-,21-18-,29-26-,30-27-,37-34-,46-43-. The summed E-state index contributed by atoms with van der Waals surface area (Å²) in [6, 6.07) is 0. The van der Waals surface area contributed by atoms with Crippen LogP contribution in [0.1, 0.15) is 303 Å². The van der Waals surface area contributed by atoms with E-state index in [1.54, 1.807) is 0 Å². The van der Waals surface area contributed by atoms with E-state index in [0.29, 0.717) is 19.3 Å². The van der Waals surface area contributed by atoms with Crippen molar-refractivity contribution >= 4 is 25.7 Å². The Morgan fingerprint density at radius 2 is 0.634 bits per heavy atom. The summed E-state index contributed by atoms with van der Waals surface area (Å²) in [5.74, 6) is -1.50. The third-order valence-corrected chi connectivity index (χ3v) is 15.3. The lowest BCUT2D eigenvalue weighted by molar-refractivity contribution is -0.161. The van der Waals surface area contributed by atoms with Gasteiger partial charge < -0.3 is 24.2 Å². The highest BCUT2D eigenvalue weighted by atomic mass is 31.2. The lowest BCUT2D eigenvalue weighted by atomic mass is 10.0. The first-order valence-corrected chi connectivity index (χ1v) is 35.0. The Morgan fingerprint density at radius 3 is 1.01 bits per heavy atom. The van der Waals surface area contributed by atoms with E-state index in [4.69, 9.17) is 23.3 Å². The van der Waals surface area contributed by atoms with Crippen LogP contribution in [0, 0.1) is 0 Å². The number of unbranched alkanes of at least 4 members (excludes halogenated alkanes) is 31. The van der Waals surface area contributed by atoms with Crippen molar-refractivity contribution in [2.45, 2.75) is 315 Å². The number of phosphoric ester groups is 1. The van der Waals surface area contributed by atoms with Gasteiger partial charge in [-0.2, -0.15) is 0 Å². The molecular formula is C70H123O11P. The van der Waals surface area contributed by atoms with Crippen LogP contribution in [0.2, 0.25) is 0 Å². The molecule has 0 aromatic carbocycles. The zero-order valence-corrected chi connectivity index (χ0v) is 53.6. The van der Waals surface area contributed by atoms with Crippen molar-refractivity contribution < 1.29 is 52.2 Å². The Balaban J connectivity index is 4.74. The van der Waals surface area contributed by atoms with E-state index in [-0.39, 0.29) is 25.9 Å². The highest BCUT2D eigenvalue weighted by Crippen LogP contribution is 2.43. The topological polar surface area (TPSA) is 155 Å². The van der Waals surface area contributed by atoms with E-state index in [1.165, 1.54) is 135 Å². The van der Waals surface area contributed by atoms with Gasteiger partial charge in [-0.1, -0.05) is 273 Å². The molecule has 0 spiro atoms. The van der Waals surface area contributed by atoms with Gasteiger partial charge in [-0.15, -0.1) is 0 Å². The summed E-state index contributed by atoms with van der Waals surface area (Å²) in [5.41, 5.74) is 0. The second-order valence-corrected chi connectivity index (χ2v) is 23.7. The minimum atomic E-state index is -4.77. The highest BCUT2D eigenvalue weighted by Gasteiger charge is 2.28. The van der Waals surface area contributed by atoms with E-state index >= 15 is 0 Å². The number of carbonyl (C=O) groups is 3. The van der Waals surface area contributed by atoms with Crippen LogP contribution in [0.3, 0.4) is 0 Å². The van der Waals surface area contributed by atoms with Crippen molar-refractivity contribution in [2.24, 2.45) is 0 Å². The van der Waals surface area contributed by atoms with E-state index < -0.39 is 57.8 Å². The fourth-order valence-electron chi connectivity index (χ4n) is 9.24. The van der Waals surface area contributed by atoms with E-state index in [9.17, 15) is 28.9 Å². The number of aliphatic hydroxyl groups excluding tert-OH is 1. The summed E-state index contributed by atoms with van der Waals surface area (Å²) in [5, 5.41) is 9.86. The lowest BCUT2D eigenvalue weighted by Gasteiger charge is -2.21. The Labute approximate surface area is 502 Å². The maximum Gasteiger partial charge on any atom is 0.472 e. The lowest BCUT2D eigenvalue weighted by Crippen LogP contribution is -2.30. The van der Waals surface area contributed by atoms with E-state index in [0.717, 1.165) is 109 Å². The summed E-state index contributed by atoms with van der Waals surface area (Å²) >= 11 is 0. The molecule has 0 rings (SSSR count). The van der Waals surface area contributed by atoms with Crippen molar-refractivity contribution in [1.29, 1.82) is 0 Å². The van der Waals surface area contributed by atoms with Crippen molar-refractivity contribution in [3.05, 3.63) is 85.1 Å². The zero-order chi connectivity index (χ0) is 59.8. The first-order valence-electron chi connectivity index (χ1n) is 33.5. The summed E-state index contributed by atoms with van der Waals surface area (Å²) in [4.78, 5) is 48.8. The molecule has 0 aliphatic carbocycles. The largest absolute Gasteiger partial charge is 0.472 e. The third kappa shape index (κ3) is 61.2. The molecule has 0 aromatic heterocycles. The van der Waals surface area contributed by atoms with Gasteiger partial charge >= 0.3 is 25.7 Å². The van der Waals surface area contributed by atoms with Gasteiger partial charge in [0.2, 0.25) is 0 Å². The molecule has 0 radical (unpaired) electrons. The normalized spacial score (nSPS) is 13.8. The molecule has 0 saturated carbocycles. The molecule has 11 nitrogen and oxygen atoms in total. The fraction of sp³-hybridized carbons (Fsp3) is 0.757. The quantitative estimate of drug-likeness (QED) is 0.0197. The number of ether oxygens (including phenoxy) is 3. The molecule has 0 aliphatic rings. The zero-order valence-electron chi connectivity index (χ0n) is 52.7. The Bertz CT molecular complexity index is 1700. The van der Waals surface area contributed by atoms with Gasteiger partial charge in [0, 0.05) is 19.3 Å². The molecule has 3 unspecified atom stereocenters. The number of aliphatic hydroxyl groups is 1. The van der Waals surface area contributed by atoms with Gasteiger partial charge in [0.25, 0.3) is 0 Å². The predicted molar refractivity (Wildman–Crippen MR) is 344 cm³/mol. The molecular weight excluding hydrogens is 1050 g/mol. The number of phosphoric acid groups is 1. The van der Waals surface area contributed by atoms with E-state index in [1.807, 2.05) is 0 Å². The number of hydrogen-bond donors (Lipinski definition) is 2. The fourth-order valence-corrected chi connectivity index (χ4v) is 10.0. The molecule has 0 bridgehead atoms. The van der Waals surface area contributed by atoms with Gasteiger partial charge in [-0.25, -0.2) is 4.57 Å². The van der Waals surface area contributed by atoms with Gasteiger partial charge in [0.05, 0.1) is 19.8 Å². The van der Waals surface area contributed by atoms with Crippen molar-refractivity contribution in [3.8, 4) is 0 Å². The Hall–Kier alpha value is -3.34. The molecule has 0 aromatic rings. The van der Waals surface area contributed by atoms with Gasteiger partial charge in [-0.05, 0) is 96.3 Å². The number of rotatable bonds is 62. The van der Waals surface area contributed by atoms with Crippen LogP contribution in [0.5, 0.6) is 0 Å². The van der Waals surface area contributed by atoms with Crippen LogP contribution in [0.15, 0.2) is 85.1 Å². The number of allylic oxidation sites excluding steroid dienone is 14. The second-order valence-electron chi connectivity index (χ2n) is 22.3. The van der Waals surface area contributed by atoms with Crippen LogP contribution >= 0.6 is 7.82 Å².